The van der Waals surface area contributed by atoms with Gasteiger partial charge in [0.05, 0.1) is 38.2 Å². The molecule has 0 heterocycles. The summed E-state index contributed by atoms with van der Waals surface area (Å²) in [4.78, 5) is 12.2. The Hall–Kier alpha value is -2.58. The van der Waals surface area contributed by atoms with Crippen molar-refractivity contribution in [3.8, 4) is 11.5 Å². The van der Waals surface area contributed by atoms with Crippen molar-refractivity contribution in [2.45, 2.75) is 38.1 Å². The van der Waals surface area contributed by atoms with Crippen molar-refractivity contribution in [2.24, 2.45) is 0 Å². The number of esters is 1. The molecule has 8 heteroatoms. The van der Waals surface area contributed by atoms with E-state index in [1.807, 2.05) is 0 Å². The van der Waals surface area contributed by atoms with Crippen LogP contribution in [0.25, 0.3) is 0 Å². The number of carbonyl (C=O) groups is 1. The van der Waals surface area contributed by atoms with Gasteiger partial charge in [0.2, 0.25) is 10.0 Å². The third-order valence-electron chi connectivity index (χ3n) is 4.47. The molecule has 0 amide bonds. The molecule has 0 unspecified atom stereocenters. The Kier molecular flexibility index (Phi) is 7.64. The molecule has 2 aromatic carbocycles. The highest BCUT2D eigenvalue weighted by molar-refractivity contribution is 7.89. The second-order valence-electron chi connectivity index (χ2n) is 6.54. The Balaban J connectivity index is 2.40. The van der Waals surface area contributed by atoms with Gasteiger partial charge in [0.15, 0.2) is 0 Å². The lowest BCUT2D eigenvalue weighted by Crippen LogP contribution is -2.31. The number of aryl methyl sites for hydroxylation is 2. The Morgan fingerprint density at radius 3 is 2.24 bits per heavy atom. The van der Waals surface area contributed by atoms with Crippen molar-refractivity contribution in [2.75, 3.05) is 20.8 Å². The minimum atomic E-state index is -3.91. The number of hydrogen-bond donors (Lipinski definition) is 1. The van der Waals surface area contributed by atoms with Crippen molar-refractivity contribution in [3.63, 3.8) is 0 Å². The molecule has 1 N–H and O–H groups in total. The van der Waals surface area contributed by atoms with Gasteiger partial charge in [0.1, 0.15) is 11.5 Å². The number of methoxy groups -OCH3 is 2. The summed E-state index contributed by atoms with van der Waals surface area (Å²) in [6, 6.07) is 9.32. The van der Waals surface area contributed by atoms with Crippen molar-refractivity contribution in [1.82, 2.24) is 4.72 Å². The minimum absolute atomic E-state index is 0.131. The van der Waals surface area contributed by atoms with Crippen LogP contribution in [0.3, 0.4) is 0 Å². The molecule has 0 fully saturated rings. The van der Waals surface area contributed by atoms with E-state index in [0.29, 0.717) is 28.2 Å². The van der Waals surface area contributed by atoms with Crippen LogP contribution in [0.4, 0.5) is 0 Å². The maximum atomic E-state index is 13.1. The molecule has 7 nitrogen and oxygen atoms in total. The van der Waals surface area contributed by atoms with Gasteiger partial charge in [-0.05, 0) is 61.7 Å². The lowest BCUT2D eigenvalue weighted by Gasteiger charge is -2.20. The fourth-order valence-electron chi connectivity index (χ4n) is 2.97. The molecule has 0 aliphatic heterocycles. The topological polar surface area (TPSA) is 90.9 Å². The van der Waals surface area contributed by atoms with Crippen LogP contribution in [-0.2, 0) is 19.6 Å². The summed E-state index contributed by atoms with van der Waals surface area (Å²) in [7, 11) is -0.827. The number of rotatable bonds is 9. The number of benzene rings is 2. The van der Waals surface area contributed by atoms with E-state index in [2.05, 4.69) is 4.72 Å². The summed E-state index contributed by atoms with van der Waals surface area (Å²) >= 11 is 0. The average molecular weight is 422 g/mol. The second kappa shape index (κ2) is 9.76. The van der Waals surface area contributed by atoms with Gasteiger partial charge in [-0.1, -0.05) is 12.1 Å². The quantitative estimate of drug-likeness (QED) is 0.625. The standard InChI is InChI=1S/C21H27NO6S/c1-6-28-21(23)13-18(16-7-9-17(26-4)10-8-16)22-29(24,25)20-12-14(2)19(27-5)11-15(20)3/h7-12,18,22H,6,13H2,1-5H3/t18-/m1/s1. The Morgan fingerprint density at radius 2 is 1.69 bits per heavy atom. The van der Waals surface area contributed by atoms with Gasteiger partial charge >= 0.3 is 5.97 Å². The number of carbonyl (C=O) groups excluding carboxylic acids is 1. The van der Waals surface area contributed by atoms with E-state index in [1.165, 1.54) is 7.11 Å². The molecular weight excluding hydrogens is 394 g/mol. The predicted molar refractivity (Wildman–Crippen MR) is 110 cm³/mol. The fourth-order valence-corrected chi connectivity index (χ4v) is 4.51. The molecule has 1 atom stereocenters. The molecule has 0 saturated carbocycles. The smallest absolute Gasteiger partial charge is 0.307 e. The third-order valence-corrected chi connectivity index (χ3v) is 6.09. The third kappa shape index (κ3) is 5.71. The van der Waals surface area contributed by atoms with Crippen molar-refractivity contribution in [1.29, 1.82) is 0 Å². The first-order valence-electron chi connectivity index (χ1n) is 9.19. The van der Waals surface area contributed by atoms with E-state index in [4.69, 9.17) is 14.2 Å². The van der Waals surface area contributed by atoms with Gasteiger partial charge in [-0.3, -0.25) is 4.79 Å². The maximum absolute atomic E-state index is 13.1. The molecular formula is C21H27NO6S. The maximum Gasteiger partial charge on any atom is 0.307 e. The van der Waals surface area contributed by atoms with E-state index >= 15 is 0 Å². The zero-order valence-corrected chi connectivity index (χ0v) is 18.1. The van der Waals surface area contributed by atoms with E-state index in [1.54, 1.807) is 64.3 Å². The van der Waals surface area contributed by atoms with Crippen molar-refractivity contribution < 1.29 is 27.4 Å². The first-order valence-corrected chi connectivity index (χ1v) is 10.7. The molecule has 0 radical (unpaired) electrons. The summed E-state index contributed by atoms with van der Waals surface area (Å²) < 4.78 is 44.3. The normalized spacial score (nSPS) is 12.3. The molecule has 0 saturated heterocycles. The highest BCUT2D eigenvalue weighted by atomic mass is 32.2. The summed E-state index contributed by atoms with van der Waals surface area (Å²) in [5.41, 5.74) is 1.87. The van der Waals surface area contributed by atoms with Gasteiger partial charge in [-0.2, -0.15) is 0 Å². The minimum Gasteiger partial charge on any atom is -0.497 e. The van der Waals surface area contributed by atoms with E-state index in [9.17, 15) is 13.2 Å². The molecule has 0 aromatic heterocycles. The first kappa shape index (κ1) is 22.7. The van der Waals surface area contributed by atoms with Gasteiger partial charge in [0.25, 0.3) is 0 Å². The largest absolute Gasteiger partial charge is 0.497 e. The average Bonchev–Trinajstić information content (AvgIpc) is 2.68. The van der Waals surface area contributed by atoms with Crippen LogP contribution >= 0.6 is 0 Å². The van der Waals surface area contributed by atoms with Crippen LogP contribution in [0.2, 0.25) is 0 Å². The molecule has 158 valence electrons. The van der Waals surface area contributed by atoms with Crippen LogP contribution in [0.15, 0.2) is 41.3 Å². The lowest BCUT2D eigenvalue weighted by molar-refractivity contribution is -0.143. The Labute approximate surface area is 172 Å². The second-order valence-corrected chi connectivity index (χ2v) is 8.23. The van der Waals surface area contributed by atoms with Crippen LogP contribution < -0.4 is 14.2 Å². The highest BCUT2D eigenvalue weighted by Gasteiger charge is 2.26. The molecule has 0 aliphatic carbocycles. The molecule has 29 heavy (non-hydrogen) atoms. The molecule has 2 aromatic rings. The first-order chi connectivity index (χ1) is 13.7. The van der Waals surface area contributed by atoms with E-state index < -0.39 is 22.0 Å². The van der Waals surface area contributed by atoms with Crippen LogP contribution in [-0.4, -0.2) is 35.2 Å². The Bertz CT molecular complexity index is 954. The van der Waals surface area contributed by atoms with Gasteiger partial charge in [-0.15, -0.1) is 0 Å². The Morgan fingerprint density at radius 1 is 1.03 bits per heavy atom. The summed E-state index contributed by atoms with van der Waals surface area (Å²) in [6.07, 6.45) is -0.131. The zero-order valence-electron chi connectivity index (χ0n) is 17.3. The van der Waals surface area contributed by atoms with Gasteiger partial charge in [-0.25, -0.2) is 13.1 Å². The highest BCUT2D eigenvalue weighted by Crippen LogP contribution is 2.28. The number of nitrogens with one attached hydrogen (secondary N) is 1. The molecule has 0 aliphatic rings. The molecule has 0 bridgehead atoms. The van der Waals surface area contributed by atoms with Crippen LogP contribution in [0.1, 0.15) is 36.1 Å². The van der Waals surface area contributed by atoms with Gasteiger partial charge in [0, 0.05) is 0 Å². The molecule has 0 spiro atoms. The summed E-state index contributed by atoms with van der Waals surface area (Å²) in [5, 5.41) is 0. The summed E-state index contributed by atoms with van der Waals surface area (Å²) in [6.45, 7) is 5.40. The number of hydrogen-bond acceptors (Lipinski definition) is 6. The fraction of sp³-hybridized carbons (Fsp3) is 0.381. The monoisotopic (exact) mass is 421 g/mol. The molecule has 2 rings (SSSR count). The van der Waals surface area contributed by atoms with Crippen LogP contribution in [0.5, 0.6) is 11.5 Å². The lowest BCUT2D eigenvalue weighted by atomic mass is 10.0. The van der Waals surface area contributed by atoms with E-state index in [0.717, 1.165) is 0 Å². The zero-order chi connectivity index (χ0) is 21.6. The van der Waals surface area contributed by atoms with Gasteiger partial charge < -0.3 is 14.2 Å². The van der Waals surface area contributed by atoms with E-state index in [-0.39, 0.29) is 17.9 Å². The summed E-state index contributed by atoms with van der Waals surface area (Å²) in [5.74, 6) is 0.756. The SMILES string of the molecule is CCOC(=O)C[C@@H](NS(=O)(=O)c1cc(C)c(OC)cc1C)c1ccc(OC)cc1. The predicted octanol–water partition coefficient (Wildman–Crippen LogP) is 3.29. The van der Waals surface area contributed by atoms with Crippen molar-refractivity contribution >= 4 is 16.0 Å². The van der Waals surface area contributed by atoms with Crippen molar-refractivity contribution in [3.05, 3.63) is 53.1 Å². The number of sulfonamides is 1. The van der Waals surface area contributed by atoms with Crippen LogP contribution in [0, 0.1) is 13.8 Å². The number of ether oxygens (including phenoxy) is 3.